The maximum absolute atomic E-state index is 6.09. The van der Waals surface area contributed by atoms with Crippen molar-refractivity contribution in [1.82, 2.24) is 20.3 Å². The van der Waals surface area contributed by atoms with Crippen LogP contribution in [-0.4, -0.2) is 59.7 Å². The Morgan fingerprint density at radius 1 is 1.17 bits per heavy atom. The van der Waals surface area contributed by atoms with Crippen molar-refractivity contribution in [3.05, 3.63) is 47.9 Å². The molecule has 2 heterocycles. The minimum atomic E-state index is -0.224. The summed E-state index contributed by atoms with van der Waals surface area (Å²) in [5.41, 5.74) is 1.88. The lowest BCUT2D eigenvalue weighted by molar-refractivity contribution is 0.129. The number of piperazine rings is 1. The Bertz CT molecular complexity index is 766. The minimum Gasteiger partial charge on any atom is -0.488 e. The van der Waals surface area contributed by atoms with Crippen LogP contribution in [0.4, 0.5) is 0 Å². The fourth-order valence-corrected chi connectivity index (χ4v) is 3.25. The van der Waals surface area contributed by atoms with Crippen LogP contribution < -0.4 is 10.1 Å². The molecule has 1 aromatic heterocycles. The quantitative estimate of drug-likeness (QED) is 0.376. The van der Waals surface area contributed by atoms with Crippen LogP contribution in [-0.2, 0) is 13.1 Å². The van der Waals surface area contributed by atoms with E-state index < -0.39 is 0 Å². The van der Waals surface area contributed by atoms with Crippen LogP contribution in [0.1, 0.15) is 32.0 Å². The van der Waals surface area contributed by atoms with Crippen LogP contribution >= 0.6 is 24.0 Å². The number of guanidine groups is 1. The first-order valence-electron chi connectivity index (χ1n) is 9.79. The highest BCUT2D eigenvalue weighted by Gasteiger charge is 2.21. The highest BCUT2D eigenvalue weighted by Crippen LogP contribution is 2.23. The zero-order chi connectivity index (χ0) is 20.0. The van der Waals surface area contributed by atoms with Gasteiger partial charge in [0.05, 0.1) is 5.69 Å². The summed E-state index contributed by atoms with van der Waals surface area (Å²) in [6, 6.07) is 10.1. The molecule has 160 valence electrons. The summed E-state index contributed by atoms with van der Waals surface area (Å²) in [5.74, 6) is 1.84. The van der Waals surface area contributed by atoms with E-state index in [4.69, 9.17) is 9.26 Å². The largest absolute Gasteiger partial charge is 0.488 e. The van der Waals surface area contributed by atoms with Crippen LogP contribution in [0.3, 0.4) is 0 Å². The molecule has 0 atom stereocenters. The molecule has 7 nitrogen and oxygen atoms in total. The van der Waals surface area contributed by atoms with Crippen LogP contribution in [0.2, 0.25) is 0 Å². The lowest BCUT2D eigenvalue weighted by atomic mass is 10.1. The van der Waals surface area contributed by atoms with Gasteiger partial charge in [0, 0.05) is 57.9 Å². The van der Waals surface area contributed by atoms with Crippen LogP contribution in [0.15, 0.2) is 46.1 Å². The monoisotopic (exact) mass is 513 g/mol. The van der Waals surface area contributed by atoms with E-state index in [0.717, 1.165) is 55.7 Å². The van der Waals surface area contributed by atoms with E-state index in [1.165, 1.54) is 0 Å². The predicted octanol–water partition coefficient (Wildman–Crippen LogP) is 3.36. The lowest BCUT2D eigenvalue weighted by Crippen LogP contribution is -2.52. The van der Waals surface area contributed by atoms with Crippen molar-refractivity contribution in [3.8, 4) is 5.75 Å². The number of hydrogen-bond donors (Lipinski definition) is 1. The molecule has 0 bridgehead atoms. The molecule has 29 heavy (non-hydrogen) atoms. The molecule has 0 spiro atoms. The van der Waals surface area contributed by atoms with Crippen molar-refractivity contribution in [2.24, 2.45) is 4.99 Å². The molecule has 1 fully saturated rings. The molecule has 3 rings (SSSR count). The minimum absolute atomic E-state index is 0. The van der Waals surface area contributed by atoms with Gasteiger partial charge in [0.15, 0.2) is 5.96 Å². The average molecular weight is 513 g/mol. The first kappa shape index (κ1) is 23.5. The van der Waals surface area contributed by atoms with Gasteiger partial charge in [-0.3, -0.25) is 9.89 Å². The van der Waals surface area contributed by atoms with Crippen molar-refractivity contribution < 1.29 is 9.26 Å². The first-order valence-corrected chi connectivity index (χ1v) is 9.79. The number of nitrogens with one attached hydrogen (secondary N) is 1. The van der Waals surface area contributed by atoms with Gasteiger partial charge < -0.3 is 19.5 Å². The zero-order valence-corrected chi connectivity index (χ0v) is 20.1. The van der Waals surface area contributed by atoms with E-state index in [1.54, 1.807) is 6.26 Å². The molecule has 8 heteroatoms. The molecule has 0 radical (unpaired) electrons. The second-order valence-electron chi connectivity index (χ2n) is 7.98. The molecule has 1 aromatic carbocycles. The molecular formula is C21H32IN5O2. The van der Waals surface area contributed by atoms with Crippen LogP contribution in [0, 0.1) is 0 Å². The van der Waals surface area contributed by atoms with E-state index in [-0.39, 0.29) is 29.6 Å². The maximum atomic E-state index is 6.09. The van der Waals surface area contributed by atoms with Crippen LogP contribution in [0.25, 0.3) is 0 Å². The summed E-state index contributed by atoms with van der Waals surface area (Å²) in [6.07, 6.45) is 1.62. The third-order valence-electron chi connectivity index (χ3n) is 4.59. The van der Waals surface area contributed by atoms with Crippen molar-refractivity contribution in [2.45, 2.75) is 39.5 Å². The average Bonchev–Trinajstić information content (AvgIpc) is 3.16. The van der Waals surface area contributed by atoms with Gasteiger partial charge in [-0.25, -0.2) is 0 Å². The van der Waals surface area contributed by atoms with Crippen molar-refractivity contribution in [2.75, 3.05) is 33.2 Å². The Morgan fingerprint density at radius 2 is 1.90 bits per heavy atom. The SMILES string of the molecule is CN=C(NCc1ccccc1OC(C)(C)C)N1CCN(Cc2ccon2)CC1.I. The highest BCUT2D eigenvalue weighted by atomic mass is 127. The Balaban J connectivity index is 0.00000300. The molecular weight excluding hydrogens is 481 g/mol. The summed E-state index contributed by atoms with van der Waals surface area (Å²) in [6.45, 7) is 11.5. The summed E-state index contributed by atoms with van der Waals surface area (Å²) in [4.78, 5) is 9.16. The van der Waals surface area contributed by atoms with E-state index >= 15 is 0 Å². The van der Waals surface area contributed by atoms with Gasteiger partial charge in [-0.15, -0.1) is 24.0 Å². The van der Waals surface area contributed by atoms with Gasteiger partial charge in [-0.1, -0.05) is 23.4 Å². The predicted molar refractivity (Wildman–Crippen MR) is 126 cm³/mol. The number of para-hydroxylation sites is 1. The third-order valence-corrected chi connectivity index (χ3v) is 4.59. The number of rotatable bonds is 5. The van der Waals surface area contributed by atoms with Gasteiger partial charge in [0.2, 0.25) is 0 Å². The Kier molecular flexibility index (Phi) is 8.76. The molecule has 0 aliphatic carbocycles. The summed E-state index contributed by atoms with van der Waals surface area (Å²) < 4.78 is 11.0. The summed E-state index contributed by atoms with van der Waals surface area (Å²) >= 11 is 0. The number of aromatic nitrogens is 1. The zero-order valence-electron chi connectivity index (χ0n) is 17.7. The number of benzene rings is 1. The number of nitrogens with zero attached hydrogens (tertiary/aromatic N) is 4. The normalized spacial score (nSPS) is 15.7. The van der Waals surface area contributed by atoms with Gasteiger partial charge in [0.25, 0.3) is 0 Å². The van der Waals surface area contributed by atoms with E-state index in [0.29, 0.717) is 6.54 Å². The fourth-order valence-electron chi connectivity index (χ4n) is 3.25. The maximum Gasteiger partial charge on any atom is 0.194 e. The second kappa shape index (κ2) is 10.8. The number of hydrogen-bond acceptors (Lipinski definition) is 5. The van der Waals surface area contributed by atoms with Gasteiger partial charge in [-0.2, -0.15) is 0 Å². The highest BCUT2D eigenvalue weighted by molar-refractivity contribution is 14.0. The topological polar surface area (TPSA) is 66.1 Å². The number of aliphatic imine (C=N–C) groups is 1. The van der Waals surface area contributed by atoms with E-state index in [9.17, 15) is 0 Å². The standard InChI is InChI=1S/C21H31N5O2.HI/c1-21(2,3)28-19-8-6-5-7-17(19)15-23-20(22-4)26-12-10-25(11-13-26)16-18-9-14-27-24-18;/h5-9,14H,10-13,15-16H2,1-4H3,(H,22,23);1H. The first-order chi connectivity index (χ1) is 13.4. The Labute approximate surface area is 190 Å². The molecule has 0 unspecified atom stereocenters. The summed E-state index contributed by atoms with van der Waals surface area (Å²) in [7, 11) is 1.83. The molecule has 0 amide bonds. The fraction of sp³-hybridized carbons (Fsp3) is 0.524. The van der Waals surface area contributed by atoms with Crippen molar-refractivity contribution in [3.63, 3.8) is 0 Å². The van der Waals surface area contributed by atoms with Gasteiger partial charge in [-0.05, 0) is 26.8 Å². The second-order valence-corrected chi connectivity index (χ2v) is 7.98. The molecule has 0 saturated carbocycles. The number of ether oxygens (including phenoxy) is 1. The van der Waals surface area contributed by atoms with Crippen LogP contribution in [0.5, 0.6) is 5.75 Å². The lowest BCUT2D eigenvalue weighted by Gasteiger charge is -2.36. The molecule has 1 aliphatic rings. The molecule has 2 aromatic rings. The van der Waals surface area contributed by atoms with E-state index in [2.05, 4.69) is 52.1 Å². The Morgan fingerprint density at radius 3 is 2.52 bits per heavy atom. The molecule has 1 N–H and O–H groups in total. The number of halogens is 1. The molecule has 1 saturated heterocycles. The summed E-state index contributed by atoms with van der Waals surface area (Å²) in [5, 5.41) is 7.49. The smallest absolute Gasteiger partial charge is 0.194 e. The van der Waals surface area contributed by atoms with Crippen molar-refractivity contribution in [1.29, 1.82) is 0 Å². The third kappa shape index (κ3) is 7.18. The Hall–Kier alpha value is -1.81. The van der Waals surface area contributed by atoms with Crippen molar-refractivity contribution >= 4 is 29.9 Å². The molecule has 1 aliphatic heterocycles. The van der Waals surface area contributed by atoms with Gasteiger partial charge >= 0.3 is 0 Å². The van der Waals surface area contributed by atoms with E-state index in [1.807, 2.05) is 31.3 Å². The van der Waals surface area contributed by atoms with Gasteiger partial charge in [0.1, 0.15) is 17.6 Å².